The molecule has 1 heterocycles. The summed E-state index contributed by atoms with van der Waals surface area (Å²) in [5.74, 6) is -1.80. The fourth-order valence-corrected chi connectivity index (χ4v) is 2.21. The van der Waals surface area contributed by atoms with Crippen LogP contribution >= 0.6 is 11.6 Å². The van der Waals surface area contributed by atoms with Crippen LogP contribution in [0, 0.1) is 5.92 Å². The van der Waals surface area contributed by atoms with Crippen LogP contribution in [0.3, 0.4) is 0 Å². The molecule has 1 aliphatic heterocycles. The highest BCUT2D eigenvalue weighted by molar-refractivity contribution is 6.30. The number of hydrogen-bond donors (Lipinski definition) is 1. The lowest BCUT2D eigenvalue weighted by Crippen LogP contribution is -2.28. The van der Waals surface area contributed by atoms with Crippen LogP contribution in [0.5, 0.6) is 0 Å². The lowest BCUT2D eigenvalue weighted by Gasteiger charge is -2.21. The third-order valence-corrected chi connectivity index (χ3v) is 3.18. The van der Waals surface area contributed by atoms with Gasteiger partial charge in [-0.1, -0.05) is 23.7 Å². The van der Waals surface area contributed by atoms with Crippen molar-refractivity contribution in [2.24, 2.45) is 5.92 Å². The lowest BCUT2D eigenvalue weighted by atomic mass is 9.88. The molecule has 0 spiro atoms. The van der Waals surface area contributed by atoms with Crippen molar-refractivity contribution >= 4 is 11.6 Å². The van der Waals surface area contributed by atoms with Gasteiger partial charge < -0.3 is 5.32 Å². The molecular weight excluding hydrogens is 239 g/mol. The van der Waals surface area contributed by atoms with Crippen LogP contribution in [-0.4, -0.2) is 19.3 Å². The van der Waals surface area contributed by atoms with E-state index in [4.69, 9.17) is 11.6 Å². The smallest absolute Gasteiger partial charge is 0.315 e. The standard InChI is InChI=1S/C11H11ClF3N/c12-8-3-1-7(2-4-8)9-5-16-6-10(9)11(13,14)15/h1-4,9-10,16H,5-6H2. The van der Waals surface area contributed by atoms with Crippen molar-refractivity contribution in [3.63, 3.8) is 0 Å². The highest BCUT2D eigenvalue weighted by Crippen LogP contribution is 2.39. The Hall–Kier alpha value is -0.740. The highest BCUT2D eigenvalue weighted by atomic mass is 35.5. The molecule has 1 aliphatic rings. The zero-order valence-corrected chi connectivity index (χ0v) is 9.15. The number of alkyl halides is 3. The van der Waals surface area contributed by atoms with Crippen molar-refractivity contribution in [3.05, 3.63) is 34.9 Å². The van der Waals surface area contributed by atoms with E-state index in [0.717, 1.165) is 0 Å². The second kappa shape index (κ2) is 4.26. The summed E-state index contributed by atoms with van der Waals surface area (Å²) in [5, 5.41) is 3.33. The van der Waals surface area contributed by atoms with E-state index in [2.05, 4.69) is 5.32 Å². The fraction of sp³-hybridized carbons (Fsp3) is 0.455. The van der Waals surface area contributed by atoms with Crippen LogP contribution in [0.4, 0.5) is 13.2 Å². The second-order valence-electron chi connectivity index (χ2n) is 3.96. The first-order valence-corrected chi connectivity index (χ1v) is 5.39. The van der Waals surface area contributed by atoms with Crippen LogP contribution < -0.4 is 5.32 Å². The first kappa shape index (κ1) is 11.7. The Bertz CT molecular complexity index is 360. The average molecular weight is 250 g/mol. The molecule has 1 aromatic carbocycles. The molecule has 88 valence electrons. The van der Waals surface area contributed by atoms with Crippen LogP contribution in [0.2, 0.25) is 5.02 Å². The molecule has 1 saturated heterocycles. The molecule has 0 bridgehead atoms. The molecule has 0 saturated carbocycles. The maximum atomic E-state index is 12.7. The summed E-state index contributed by atoms with van der Waals surface area (Å²) < 4.78 is 38.1. The van der Waals surface area contributed by atoms with Crippen molar-refractivity contribution in [2.75, 3.05) is 13.1 Å². The molecule has 5 heteroatoms. The molecule has 1 N–H and O–H groups in total. The summed E-state index contributed by atoms with van der Waals surface area (Å²) in [5.41, 5.74) is 0.691. The molecule has 0 radical (unpaired) electrons. The highest BCUT2D eigenvalue weighted by Gasteiger charge is 2.47. The van der Waals surface area contributed by atoms with Gasteiger partial charge in [0.25, 0.3) is 0 Å². The Labute approximate surface area is 96.6 Å². The maximum Gasteiger partial charge on any atom is 0.393 e. The molecule has 1 fully saturated rings. The Morgan fingerprint density at radius 3 is 2.31 bits per heavy atom. The summed E-state index contributed by atoms with van der Waals surface area (Å²) in [6.07, 6.45) is -4.15. The molecule has 1 aromatic rings. The Balaban J connectivity index is 2.23. The SMILES string of the molecule is FC(F)(F)C1CNCC1c1ccc(Cl)cc1. The van der Waals surface area contributed by atoms with E-state index < -0.39 is 18.0 Å². The molecule has 0 aromatic heterocycles. The summed E-state index contributed by atoms with van der Waals surface area (Å²) in [6.45, 7) is 0.364. The number of benzene rings is 1. The maximum absolute atomic E-state index is 12.7. The van der Waals surface area contributed by atoms with Crippen molar-refractivity contribution in [1.29, 1.82) is 0 Å². The Kier molecular flexibility index (Phi) is 3.13. The minimum atomic E-state index is -4.15. The van der Waals surface area contributed by atoms with Gasteiger partial charge in [0, 0.05) is 24.0 Å². The van der Waals surface area contributed by atoms with Crippen LogP contribution in [-0.2, 0) is 0 Å². The Morgan fingerprint density at radius 1 is 1.12 bits per heavy atom. The van der Waals surface area contributed by atoms with E-state index in [1.165, 1.54) is 0 Å². The van der Waals surface area contributed by atoms with Crippen molar-refractivity contribution in [1.82, 2.24) is 5.32 Å². The zero-order chi connectivity index (χ0) is 11.8. The van der Waals surface area contributed by atoms with Crippen molar-refractivity contribution in [3.8, 4) is 0 Å². The molecule has 2 atom stereocenters. The van der Waals surface area contributed by atoms with Crippen LogP contribution in [0.25, 0.3) is 0 Å². The molecule has 16 heavy (non-hydrogen) atoms. The van der Waals surface area contributed by atoms with Gasteiger partial charge in [0.05, 0.1) is 5.92 Å². The van der Waals surface area contributed by atoms with Gasteiger partial charge in [-0.3, -0.25) is 0 Å². The van der Waals surface area contributed by atoms with Gasteiger partial charge >= 0.3 is 6.18 Å². The summed E-state index contributed by atoms with van der Waals surface area (Å²) in [7, 11) is 0. The number of rotatable bonds is 1. The topological polar surface area (TPSA) is 12.0 Å². The van der Waals surface area contributed by atoms with Gasteiger partial charge in [0.15, 0.2) is 0 Å². The third-order valence-electron chi connectivity index (χ3n) is 2.93. The van der Waals surface area contributed by atoms with E-state index in [9.17, 15) is 13.2 Å². The van der Waals surface area contributed by atoms with Crippen molar-refractivity contribution < 1.29 is 13.2 Å². The normalized spacial score (nSPS) is 26.0. The number of hydrogen-bond acceptors (Lipinski definition) is 1. The summed E-state index contributed by atoms with van der Waals surface area (Å²) >= 11 is 5.71. The van der Waals surface area contributed by atoms with E-state index in [1.54, 1.807) is 24.3 Å². The second-order valence-corrected chi connectivity index (χ2v) is 4.40. The van der Waals surface area contributed by atoms with E-state index >= 15 is 0 Å². The van der Waals surface area contributed by atoms with Gasteiger partial charge in [-0.2, -0.15) is 13.2 Å². The summed E-state index contributed by atoms with van der Waals surface area (Å²) in [4.78, 5) is 0. The predicted octanol–water partition coefficient (Wildman–Crippen LogP) is 3.21. The van der Waals surface area contributed by atoms with E-state index in [1.807, 2.05) is 0 Å². The zero-order valence-electron chi connectivity index (χ0n) is 8.39. The quantitative estimate of drug-likeness (QED) is 0.806. The molecular formula is C11H11ClF3N. The lowest BCUT2D eigenvalue weighted by molar-refractivity contribution is -0.172. The third kappa shape index (κ3) is 2.33. The van der Waals surface area contributed by atoms with Gasteiger partial charge in [-0.05, 0) is 17.7 Å². The Morgan fingerprint density at radius 2 is 1.75 bits per heavy atom. The molecule has 2 unspecified atom stereocenters. The number of nitrogens with one attached hydrogen (secondary N) is 1. The first-order valence-electron chi connectivity index (χ1n) is 5.01. The molecule has 0 aliphatic carbocycles. The van der Waals surface area contributed by atoms with Crippen LogP contribution in [0.1, 0.15) is 11.5 Å². The van der Waals surface area contributed by atoms with Crippen LogP contribution in [0.15, 0.2) is 24.3 Å². The molecule has 2 rings (SSSR count). The van der Waals surface area contributed by atoms with E-state index in [0.29, 0.717) is 17.1 Å². The fourth-order valence-electron chi connectivity index (χ4n) is 2.08. The minimum Gasteiger partial charge on any atom is -0.315 e. The van der Waals surface area contributed by atoms with Crippen molar-refractivity contribution in [2.45, 2.75) is 12.1 Å². The summed E-state index contributed by atoms with van der Waals surface area (Å²) in [6, 6.07) is 6.59. The van der Waals surface area contributed by atoms with Gasteiger partial charge in [0.2, 0.25) is 0 Å². The van der Waals surface area contributed by atoms with E-state index in [-0.39, 0.29) is 6.54 Å². The molecule has 1 nitrogen and oxygen atoms in total. The van der Waals surface area contributed by atoms with Gasteiger partial charge in [-0.25, -0.2) is 0 Å². The largest absolute Gasteiger partial charge is 0.393 e. The number of halogens is 4. The average Bonchev–Trinajstić information content (AvgIpc) is 2.66. The molecule has 0 amide bonds. The predicted molar refractivity (Wildman–Crippen MR) is 56.6 cm³/mol. The van der Waals surface area contributed by atoms with Gasteiger partial charge in [0.1, 0.15) is 0 Å². The monoisotopic (exact) mass is 249 g/mol. The minimum absolute atomic E-state index is 0.00318. The van der Waals surface area contributed by atoms with Gasteiger partial charge in [-0.15, -0.1) is 0 Å². The first-order chi connectivity index (χ1) is 7.48.